The molecule has 7 heavy (non-hydrogen) atoms. The molecule has 0 radical (unpaired) electrons. The maximum atomic E-state index is 5.13. The summed E-state index contributed by atoms with van der Waals surface area (Å²) in [5, 5.41) is 0. The second-order valence-electron chi connectivity index (χ2n) is 1.12. The van der Waals surface area contributed by atoms with E-state index in [-0.39, 0.29) is 12.4 Å². The fraction of sp³-hybridized carbons (Fsp3) is 0.600. The largest absolute Gasteiger partial charge is 0.327 e. The van der Waals surface area contributed by atoms with Gasteiger partial charge in [-0.2, -0.15) is 0 Å². The molecule has 0 saturated carbocycles. The summed E-state index contributed by atoms with van der Waals surface area (Å²) in [7, 11) is 0. The number of hydrogen-bond acceptors (Lipinski definition) is 1. The van der Waals surface area contributed by atoms with Gasteiger partial charge >= 0.3 is 0 Å². The van der Waals surface area contributed by atoms with Crippen molar-refractivity contribution in [1.29, 1.82) is 0 Å². The first-order valence-corrected chi connectivity index (χ1v) is 2.27. The quantitative estimate of drug-likeness (QED) is 0.549. The lowest BCUT2D eigenvalue weighted by atomic mass is 10.4. The van der Waals surface area contributed by atoms with Crippen molar-refractivity contribution in [2.45, 2.75) is 13.3 Å². The van der Waals surface area contributed by atoms with E-state index >= 15 is 0 Å². The van der Waals surface area contributed by atoms with E-state index in [1.165, 1.54) is 0 Å². The fourth-order valence-corrected chi connectivity index (χ4v) is 0.263. The Hall–Kier alpha value is -0.0100. The molecule has 0 saturated heterocycles. The normalized spacial score (nSPS) is 8.86. The average molecular weight is 122 g/mol. The number of hydrogen-bond donors (Lipinski definition) is 1. The summed E-state index contributed by atoms with van der Waals surface area (Å²) in [6.45, 7) is 2.76. The molecule has 0 fully saturated rings. The van der Waals surface area contributed by atoms with Gasteiger partial charge in [0, 0.05) is 6.54 Å². The predicted octanol–water partition coefficient (Wildman–Crippen LogP) is 1.33. The summed E-state index contributed by atoms with van der Waals surface area (Å²) < 4.78 is 0. The molecule has 0 aliphatic rings. The van der Waals surface area contributed by atoms with Gasteiger partial charge in [-0.1, -0.05) is 19.1 Å². The van der Waals surface area contributed by atoms with E-state index in [9.17, 15) is 0 Å². The van der Waals surface area contributed by atoms with E-state index in [2.05, 4.69) is 13.0 Å². The van der Waals surface area contributed by atoms with Crippen LogP contribution in [-0.4, -0.2) is 6.54 Å². The van der Waals surface area contributed by atoms with Crippen LogP contribution < -0.4 is 5.73 Å². The van der Waals surface area contributed by atoms with E-state index < -0.39 is 0 Å². The topological polar surface area (TPSA) is 26.0 Å². The lowest BCUT2D eigenvalue weighted by molar-refractivity contribution is 1.17. The summed E-state index contributed by atoms with van der Waals surface area (Å²) in [6.07, 6.45) is 5.11. The van der Waals surface area contributed by atoms with E-state index in [1.54, 1.807) is 0 Å². The first-order valence-electron chi connectivity index (χ1n) is 2.27. The Morgan fingerprint density at radius 3 is 2.14 bits per heavy atom. The molecule has 44 valence electrons. The van der Waals surface area contributed by atoms with E-state index in [0.29, 0.717) is 6.54 Å². The highest BCUT2D eigenvalue weighted by atomic mass is 35.5. The number of allylic oxidation sites excluding steroid dienone is 1. The van der Waals surface area contributed by atoms with Crippen molar-refractivity contribution in [2.24, 2.45) is 5.73 Å². The second-order valence-corrected chi connectivity index (χ2v) is 1.12. The van der Waals surface area contributed by atoms with Gasteiger partial charge in [-0.15, -0.1) is 12.4 Å². The molecular weight excluding hydrogens is 110 g/mol. The Morgan fingerprint density at radius 2 is 2.00 bits per heavy atom. The molecule has 1 nitrogen and oxygen atoms in total. The molecule has 0 aromatic rings. The summed E-state index contributed by atoms with van der Waals surface area (Å²) >= 11 is 0. The zero-order valence-electron chi connectivity index (χ0n) is 4.55. The van der Waals surface area contributed by atoms with Gasteiger partial charge in [-0.3, -0.25) is 0 Å². The third-order valence-corrected chi connectivity index (χ3v) is 0.538. The first-order chi connectivity index (χ1) is 2.91. The van der Waals surface area contributed by atoms with Crippen LogP contribution in [0.1, 0.15) is 13.3 Å². The summed E-state index contributed by atoms with van der Waals surface area (Å²) in [4.78, 5) is 0. The van der Waals surface area contributed by atoms with Gasteiger partial charge in [-0.25, -0.2) is 0 Å². The van der Waals surface area contributed by atoms with Gasteiger partial charge < -0.3 is 5.73 Å². The van der Waals surface area contributed by atoms with Crippen LogP contribution in [0.4, 0.5) is 0 Å². The van der Waals surface area contributed by atoms with Crippen LogP contribution in [0.5, 0.6) is 0 Å². The summed E-state index contributed by atoms with van der Waals surface area (Å²) in [5.74, 6) is 0. The van der Waals surface area contributed by atoms with Gasteiger partial charge in [0.15, 0.2) is 0 Å². The minimum atomic E-state index is 0. The van der Waals surface area contributed by atoms with Crippen molar-refractivity contribution < 1.29 is 0 Å². The average Bonchev–Trinajstić information content (AvgIpc) is 1.61. The summed E-state index contributed by atoms with van der Waals surface area (Å²) in [5.41, 5.74) is 5.13. The van der Waals surface area contributed by atoms with Crippen LogP contribution >= 0.6 is 12.4 Å². The third-order valence-electron chi connectivity index (χ3n) is 0.538. The van der Waals surface area contributed by atoms with Crippen molar-refractivity contribution in [1.82, 2.24) is 0 Å². The number of rotatable bonds is 2. The van der Waals surface area contributed by atoms with Crippen LogP contribution in [0.2, 0.25) is 0 Å². The lowest BCUT2D eigenvalue weighted by Gasteiger charge is -1.73. The van der Waals surface area contributed by atoms with Crippen LogP contribution in [0, 0.1) is 0 Å². The zero-order valence-corrected chi connectivity index (χ0v) is 5.37. The molecule has 0 unspecified atom stereocenters. The highest BCUT2D eigenvalue weighted by Crippen LogP contribution is 1.73. The molecule has 2 N–H and O–H groups in total. The molecule has 0 bridgehead atoms. The lowest BCUT2D eigenvalue weighted by Crippen LogP contribution is -1.91. The Bertz CT molecular complexity index is 37.3. The minimum absolute atomic E-state index is 0. The van der Waals surface area contributed by atoms with Crippen LogP contribution in [0.25, 0.3) is 0 Å². The molecule has 0 amide bonds. The van der Waals surface area contributed by atoms with Crippen molar-refractivity contribution >= 4 is 12.4 Å². The third kappa shape index (κ3) is 10.7. The van der Waals surface area contributed by atoms with Crippen LogP contribution in [0.3, 0.4) is 0 Å². The molecule has 0 aromatic heterocycles. The Kier molecular flexibility index (Phi) is 13.5. The SMILES string of the molecule is CC/C=C/CN.Cl. The molecule has 2 heteroatoms. The highest BCUT2D eigenvalue weighted by Gasteiger charge is 1.59. The molecule has 0 atom stereocenters. The van der Waals surface area contributed by atoms with E-state index in [4.69, 9.17) is 5.73 Å². The smallest absolute Gasteiger partial charge is 0.0106 e. The van der Waals surface area contributed by atoms with Crippen molar-refractivity contribution in [3.63, 3.8) is 0 Å². The first kappa shape index (κ1) is 10.1. The monoisotopic (exact) mass is 121 g/mol. The minimum Gasteiger partial charge on any atom is -0.327 e. The molecule has 0 aromatic carbocycles. The maximum absolute atomic E-state index is 5.13. The zero-order chi connectivity index (χ0) is 4.83. The Labute approximate surface area is 51.0 Å². The van der Waals surface area contributed by atoms with Gasteiger partial charge in [0.25, 0.3) is 0 Å². The van der Waals surface area contributed by atoms with E-state index in [0.717, 1.165) is 6.42 Å². The Morgan fingerprint density at radius 1 is 1.43 bits per heavy atom. The van der Waals surface area contributed by atoms with E-state index in [1.807, 2.05) is 6.08 Å². The number of nitrogens with two attached hydrogens (primary N) is 1. The summed E-state index contributed by atoms with van der Waals surface area (Å²) in [6, 6.07) is 0. The van der Waals surface area contributed by atoms with Crippen LogP contribution in [-0.2, 0) is 0 Å². The van der Waals surface area contributed by atoms with Gasteiger partial charge in [0.05, 0.1) is 0 Å². The van der Waals surface area contributed by atoms with Crippen molar-refractivity contribution in [3.05, 3.63) is 12.2 Å². The van der Waals surface area contributed by atoms with Gasteiger partial charge in [0.2, 0.25) is 0 Å². The molecular formula is C5H12ClN. The Balaban J connectivity index is 0. The molecule has 0 rings (SSSR count). The molecule has 0 aliphatic carbocycles. The standard InChI is InChI=1S/C5H11N.ClH/c1-2-3-4-5-6;/h3-4H,2,5-6H2,1H3;1H/b4-3+;. The fourth-order valence-electron chi connectivity index (χ4n) is 0.263. The van der Waals surface area contributed by atoms with Crippen molar-refractivity contribution in [2.75, 3.05) is 6.54 Å². The maximum Gasteiger partial charge on any atom is 0.0106 e. The predicted molar refractivity (Wildman–Crippen MR) is 35.7 cm³/mol. The van der Waals surface area contributed by atoms with Crippen LogP contribution in [0.15, 0.2) is 12.2 Å². The van der Waals surface area contributed by atoms with Crippen molar-refractivity contribution in [3.8, 4) is 0 Å². The van der Waals surface area contributed by atoms with Gasteiger partial charge in [-0.05, 0) is 6.42 Å². The highest BCUT2D eigenvalue weighted by molar-refractivity contribution is 5.85. The van der Waals surface area contributed by atoms with Gasteiger partial charge in [0.1, 0.15) is 0 Å². The second kappa shape index (κ2) is 9.37. The number of halogens is 1. The molecule has 0 spiro atoms. The molecule has 0 aliphatic heterocycles. The molecule has 0 heterocycles.